The molecule has 0 atom stereocenters. The number of carbonyl (C=O) groups is 1. The first kappa shape index (κ1) is 17.4. The quantitative estimate of drug-likeness (QED) is 0.711. The average Bonchev–Trinajstić information content (AvgIpc) is 3.20. The van der Waals surface area contributed by atoms with Crippen LogP contribution in [-0.2, 0) is 6.54 Å². The van der Waals surface area contributed by atoms with E-state index < -0.39 is 0 Å². The lowest BCUT2D eigenvalue weighted by Gasteiger charge is -2.09. The van der Waals surface area contributed by atoms with Crippen molar-refractivity contribution >= 4 is 17.3 Å². The van der Waals surface area contributed by atoms with Crippen molar-refractivity contribution in [1.82, 2.24) is 4.98 Å². The van der Waals surface area contributed by atoms with Gasteiger partial charge < -0.3 is 20.1 Å². The van der Waals surface area contributed by atoms with Crippen LogP contribution in [-0.4, -0.2) is 17.7 Å². The molecule has 28 heavy (non-hydrogen) atoms. The van der Waals surface area contributed by atoms with Gasteiger partial charge in [-0.2, -0.15) is 5.26 Å². The highest BCUT2D eigenvalue weighted by molar-refractivity contribution is 6.03. The molecule has 7 nitrogen and oxygen atoms in total. The summed E-state index contributed by atoms with van der Waals surface area (Å²) in [5, 5.41) is 15.0. The number of carbonyl (C=O) groups excluding carboxylic acids is 1. The van der Waals surface area contributed by atoms with Gasteiger partial charge in [-0.05, 0) is 48.0 Å². The molecule has 2 N–H and O–H groups in total. The minimum Gasteiger partial charge on any atom is -0.454 e. The SMILES string of the molecule is N#Cc1cccc(NC(=O)c2cc(NCc3ccc4c(c3)OCO4)ccn2)c1. The fourth-order valence-electron chi connectivity index (χ4n) is 2.78. The number of pyridine rings is 1. The molecule has 138 valence electrons. The number of ether oxygens (including phenoxy) is 2. The summed E-state index contributed by atoms with van der Waals surface area (Å²) in [4.78, 5) is 16.6. The number of fused-ring (bicyclic) bond motifs is 1. The largest absolute Gasteiger partial charge is 0.454 e. The number of benzene rings is 2. The van der Waals surface area contributed by atoms with Crippen LogP contribution >= 0.6 is 0 Å². The second kappa shape index (κ2) is 7.68. The summed E-state index contributed by atoms with van der Waals surface area (Å²) >= 11 is 0. The molecule has 0 unspecified atom stereocenters. The second-order valence-corrected chi connectivity index (χ2v) is 6.12. The van der Waals surface area contributed by atoms with E-state index in [4.69, 9.17) is 14.7 Å². The van der Waals surface area contributed by atoms with Crippen molar-refractivity contribution in [2.75, 3.05) is 17.4 Å². The van der Waals surface area contributed by atoms with Crippen molar-refractivity contribution < 1.29 is 14.3 Å². The highest BCUT2D eigenvalue weighted by Gasteiger charge is 2.13. The van der Waals surface area contributed by atoms with Crippen molar-refractivity contribution in [2.45, 2.75) is 6.54 Å². The first-order chi connectivity index (χ1) is 13.7. The standard InChI is InChI=1S/C21H16N4O3/c22-11-14-2-1-3-17(8-14)25-21(26)18-10-16(6-7-23-18)24-12-15-4-5-19-20(9-15)28-13-27-19/h1-10H,12-13H2,(H,23,24)(H,25,26). The van der Waals surface area contributed by atoms with Crippen LogP contribution in [0.25, 0.3) is 0 Å². The second-order valence-electron chi connectivity index (χ2n) is 6.12. The van der Waals surface area contributed by atoms with Crippen LogP contribution in [0, 0.1) is 11.3 Å². The topological polar surface area (TPSA) is 96.3 Å². The Morgan fingerprint density at radius 2 is 1.96 bits per heavy atom. The number of aromatic nitrogens is 1. The lowest BCUT2D eigenvalue weighted by Crippen LogP contribution is -2.14. The van der Waals surface area contributed by atoms with E-state index in [-0.39, 0.29) is 18.4 Å². The zero-order valence-corrected chi connectivity index (χ0v) is 14.8. The van der Waals surface area contributed by atoms with E-state index in [1.807, 2.05) is 24.3 Å². The summed E-state index contributed by atoms with van der Waals surface area (Å²) in [5.74, 6) is 1.13. The molecule has 7 heteroatoms. The highest BCUT2D eigenvalue weighted by Crippen LogP contribution is 2.32. The van der Waals surface area contributed by atoms with Crippen molar-refractivity contribution in [2.24, 2.45) is 0 Å². The minimum absolute atomic E-state index is 0.242. The molecule has 1 aliphatic heterocycles. The smallest absolute Gasteiger partial charge is 0.274 e. The van der Waals surface area contributed by atoms with E-state index >= 15 is 0 Å². The zero-order valence-electron chi connectivity index (χ0n) is 14.8. The Labute approximate surface area is 161 Å². The number of amides is 1. The molecule has 0 fully saturated rings. The molecule has 0 saturated carbocycles. The first-order valence-corrected chi connectivity index (χ1v) is 8.61. The zero-order chi connectivity index (χ0) is 19.3. The van der Waals surface area contributed by atoms with Crippen LogP contribution in [0.5, 0.6) is 11.5 Å². The van der Waals surface area contributed by atoms with E-state index in [2.05, 4.69) is 15.6 Å². The predicted molar refractivity (Wildman–Crippen MR) is 103 cm³/mol. The Bertz CT molecular complexity index is 1080. The van der Waals surface area contributed by atoms with Gasteiger partial charge in [-0.15, -0.1) is 0 Å². The lowest BCUT2D eigenvalue weighted by atomic mass is 10.2. The van der Waals surface area contributed by atoms with Gasteiger partial charge in [0.05, 0.1) is 11.6 Å². The van der Waals surface area contributed by atoms with Gasteiger partial charge in [0, 0.05) is 24.1 Å². The van der Waals surface area contributed by atoms with Gasteiger partial charge >= 0.3 is 0 Å². The fraction of sp³-hybridized carbons (Fsp3) is 0.0952. The molecule has 4 rings (SSSR count). The van der Waals surface area contributed by atoms with Crippen LogP contribution in [0.2, 0.25) is 0 Å². The predicted octanol–water partition coefficient (Wildman–Crippen LogP) is 3.55. The van der Waals surface area contributed by atoms with Gasteiger partial charge in [0.15, 0.2) is 11.5 Å². The molecule has 1 aromatic heterocycles. The number of nitrogens with zero attached hydrogens (tertiary/aromatic N) is 2. The Morgan fingerprint density at radius 3 is 2.86 bits per heavy atom. The average molecular weight is 372 g/mol. The third-order valence-electron chi connectivity index (χ3n) is 4.18. The van der Waals surface area contributed by atoms with E-state index in [1.165, 1.54) is 0 Å². The Kier molecular flexibility index (Phi) is 4.76. The molecular weight excluding hydrogens is 356 g/mol. The van der Waals surface area contributed by atoms with Crippen LogP contribution in [0.15, 0.2) is 60.8 Å². The minimum atomic E-state index is -0.346. The van der Waals surface area contributed by atoms with E-state index in [9.17, 15) is 4.79 Å². The molecule has 2 heterocycles. The van der Waals surface area contributed by atoms with Gasteiger partial charge in [0.2, 0.25) is 6.79 Å². The lowest BCUT2D eigenvalue weighted by molar-refractivity contribution is 0.102. The Balaban J connectivity index is 1.42. The molecule has 2 aromatic carbocycles. The number of anilines is 2. The van der Waals surface area contributed by atoms with Crippen LogP contribution in [0.4, 0.5) is 11.4 Å². The molecule has 1 aliphatic rings. The van der Waals surface area contributed by atoms with E-state index in [0.29, 0.717) is 17.8 Å². The van der Waals surface area contributed by atoms with E-state index in [1.54, 1.807) is 42.6 Å². The van der Waals surface area contributed by atoms with Crippen molar-refractivity contribution in [3.63, 3.8) is 0 Å². The number of nitrogens with one attached hydrogen (secondary N) is 2. The summed E-state index contributed by atoms with van der Waals surface area (Å²) in [6, 6.07) is 18.0. The third-order valence-corrected chi connectivity index (χ3v) is 4.18. The van der Waals surface area contributed by atoms with Crippen LogP contribution in [0.3, 0.4) is 0 Å². The summed E-state index contributed by atoms with van der Waals surface area (Å²) in [7, 11) is 0. The monoisotopic (exact) mass is 372 g/mol. The van der Waals surface area contributed by atoms with Crippen molar-refractivity contribution in [3.8, 4) is 17.6 Å². The molecule has 3 aromatic rings. The number of hydrogen-bond donors (Lipinski definition) is 2. The molecule has 0 spiro atoms. The molecular formula is C21H16N4O3. The van der Waals surface area contributed by atoms with E-state index in [0.717, 1.165) is 22.7 Å². The maximum absolute atomic E-state index is 12.5. The molecule has 0 radical (unpaired) electrons. The maximum atomic E-state index is 12.5. The molecule has 0 aliphatic carbocycles. The molecule has 0 bridgehead atoms. The van der Waals surface area contributed by atoms with Gasteiger partial charge in [0.25, 0.3) is 5.91 Å². The van der Waals surface area contributed by atoms with Gasteiger partial charge in [0.1, 0.15) is 5.69 Å². The maximum Gasteiger partial charge on any atom is 0.274 e. The summed E-state index contributed by atoms with van der Waals surface area (Å²) in [5.41, 5.74) is 3.09. The van der Waals surface area contributed by atoms with Crippen LogP contribution < -0.4 is 20.1 Å². The summed E-state index contributed by atoms with van der Waals surface area (Å²) in [6.45, 7) is 0.804. The summed E-state index contributed by atoms with van der Waals surface area (Å²) in [6.07, 6.45) is 1.57. The number of hydrogen-bond acceptors (Lipinski definition) is 6. The van der Waals surface area contributed by atoms with Gasteiger partial charge in [-0.1, -0.05) is 12.1 Å². The normalized spacial score (nSPS) is 11.5. The van der Waals surface area contributed by atoms with Crippen molar-refractivity contribution in [1.29, 1.82) is 5.26 Å². The third kappa shape index (κ3) is 3.86. The first-order valence-electron chi connectivity index (χ1n) is 8.61. The highest BCUT2D eigenvalue weighted by atomic mass is 16.7. The van der Waals surface area contributed by atoms with Gasteiger partial charge in [-0.25, -0.2) is 0 Å². The summed E-state index contributed by atoms with van der Waals surface area (Å²) < 4.78 is 10.7. The Hall–Kier alpha value is -4.05. The number of rotatable bonds is 5. The Morgan fingerprint density at radius 1 is 1.07 bits per heavy atom. The molecule has 0 saturated heterocycles. The number of nitriles is 1. The molecule has 1 amide bonds. The van der Waals surface area contributed by atoms with Crippen molar-refractivity contribution in [3.05, 3.63) is 77.6 Å². The fourth-order valence-corrected chi connectivity index (χ4v) is 2.78. The van der Waals surface area contributed by atoms with Gasteiger partial charge in [-0.3, -0.25) is 9.78 Å². The van der Waals surface area contributed by atoms with Crippen LogP contribution in [0.1, 0.15) is 21.6 Å².